The molecule has 0 radical (unpaired) electrons. The molecule has 0 bridgehead atoms. The van der Waals surface area contributed by atoms with E-state index in [1.165, 1.54) is 24.2 Å². The molecule has 7 heteroatoms. The average molecular weight is 297 g/mol. The summed E-state index contributed by atoms with van der Waals surface area (Å²) in [6.45, 7) is -0.558. The molecular weight excluding hydrogens is 282 g/mol. The lowest BCUT2D eigenvalue weighted by molar-refractivity contribution is -0.168. The lowest BCUT2D eigenvalue weighted by Gasteiger charge is -2.14. The summed E-state index contributed by atoms with van der Waals surface area (Å²) >= 11 is 1.44. The third-order valence-corrected chi connectivity index (χ3v) is 3.78. The molecule has 19 heavy (non-hydrogen) atoms. The predicted molar refractivity (Wildman–Crippen MR) is 64.8 cm³/mol. The van der Waals surface area contributed by atoms with Gasteiger partial charge in [0.25, 0.3) is 0 Å². The van der Waals surface area contributed by atoms with Gasteiger partial charge >= 0.3 is 12.3 Å². The van der Waals surface area contributed by atoms with Crippen molar-refractivity contribution in [3.63, 3.8) is 0 Å². The summed E-state index contributed by atoms with van der Waals surface area (Å²) in [4.78, 5) is 1.85. The van der Waals surface area contributed by atoms with Gasteiger partial charge in [-0.15, -0.1) is 11.3 Å². The third-order valence-electron chi connectivity index (χ3n) is 2.72. The zero-order valence-electron chi connectivity index (χ0n) is 10.2. The van der Waals surface area contributed by atoms with Gasteiger partial charge in [0.1, 0.15) is 6.61 Å². The van der Waals surface area contributed by atoms with Gasteiger partial charge in [-0.3, -0.25) is 0 Å². The Balaban J connectivity index is 1.70. The van der Waals surface area contributed by atoms with Gasteiger partial charge in [-0.1, -0.05) is 0 Å². The van der Waals surface area contributed by atoms with Crippen molar-refractivity contribution < 1.29 is 22.3 Å². The summed E-state index contributed by atoms with van der Waals surface area (Å²) in [5.41, 5.74) is 0. The number of rotatable bonds is 8. The molecule has 108 valence electrons. The van der Waals surface area contributed by atoms with E-state index >= 15 is 0 Å². The summed E-state index contributed by atoms with van der Waals surface area (Å²) in [6, 6.07) is 4.27. The van der Waals surface area contributed by atoms with E-state index < -0.39 is 19.0 Å². The highest BCUT2D eigenvalue weighted by molar-refractivity contribution is 7.11. The van der Waals surface area contributed by atoms with Gasteiger partial charge in [0, 0.05) is 22.3 Å². The van der Waals surface area contributed by atoms with E-state index in [1.54, 1.807) is 6.07 Å². The smallest absolute Gasteiger partial charge is 0.330 e. The van der Waals surface area contributed by atoms with E-state index in [0.717, 1.165) is 16.3 Å². The Morgan fingerprint density at radius 1 is 1.32 bits per heavy atom. The molecule has 0 spiro atoms. The second-order valence-electron chi connectivity index (χ2n) is 4.58. The van der Waals surface area contributed by atoms with Crippen LogP contribution in [-0.2, 0) is 17.9 Å². The first-order valence-corrected chi connectivity index (χ1v) is 6.84. The Labute approximate surface area is 112 Å². The van der Waals surface area contributed by atoms with Crippen molar-refractivity contribution in [1.82, 2.24) is 5.32 Å². The molecular formula is C12H15F4NOS. The molecule has 0 aromatic carbocycles. The highest BCUT2D eigenvalue weighted by Gasteiger charge is 2.40. The van der Waals surface area contributed by atoms with Gasteiger partial charge < -0.3 is 10.1 Å². The minimum atomic E-state index is -4.08. The fourth-order valence-corrected chi connectivity index (χ4v) is 2.38. The van der Waals surface area contributed by atoms with Crippen LogP contribution in [0.25, 0.3) is 0 Å². The Kier molecular flexibility index (Phi) is 4.81. The molecule has 1 aromatic heterocycles. The first kappa shape index (κ1) is 14.7. The van der Waals surface area contributed by atoms with Crippen molar-refractivity contribution in [2.24, 2.45) is 0 Å². The van der Waals surface area contributed by atoms with Crippen LogP contribution in [0, 0.1) is 0 Å². The summed E-state index contributed by atoms with van der Waals surface area (Å²) in [5, 5.41) is 3.33. The second kappa shape index (κ2) is 6.19. The molecule has 0 amide bonds. The van der Waals surface area contributed by atoms with Gasteiger partial charge in [-0.05, 0) is 25.0 Å². The quantitative estimate of drug-likeness (QED) is 0.742. The fourth-order valence-electron chi connectivity index (χ4n) is 1.48. The zero-order valence-corrected chi connectivity index (χ0v) is 11.0. The third kappa shape index (κ3) is 4.74. The molecule has 2 nitrogen and oxygen atoms in total. The van der Waals surface area contributed by atoms with Crippen LogP contribution in [0.1, 0.15) is 22.6 Å². The first-order chi connectivity index (χ1) is 8.97. The van der Waals surface area contributed by atoms with E-state index in [9.17, 15) is 17.6 Å². The molecule has 0 atom stereocenters. The minimum Gasteiger partial charge on any atom is -0.369 e. The molecule has 1 N–H and O–H groups in total. The molecule has 1 aliphatic carbocycles. The van der Waals surface area contributed by atoms with Crippen molar-refractivity contribution in [2.75, 3.05) is 6.61 Å². The Bertz CT molecular complexity index is 406. The lowest BCUT2D eigenvalue weighted by atomic mass is 10.4. The summed E-state index contributed by atoms with van der Waals surface area (Å²) < 4.78 is 53.6. The number of ether oxygens (including phenoxy) is 1. The molecule has 0 aliphatic heterocycles. The summed E-state index contributed by atoms with van der Waals surface area (Å²) in [5.74, 6) is -4.08. The topological polar surface area (TPSA) is 21.3 Å². The van der Waals surface area contributed by atoms with E-state index in [0.29, 0.717) is 6.04 Å². The van der Waals surface area contributed by atoms with Crippen LogP contribution in [0.4, 0.5) is 17.6 Å². The van der Waals surface area contributed by atoms with Crippen LogP contribution < -0.4 is 5.32 Å². The van der Waals surface area contributed by atoms with Crippen LogP contribution in [0.2, 0.25) is 0 Å². The van der Waals surface area contributed by atoms with Crippen LogP contribution in [0.5, 0.6) is 0 Å². The number of halogens is 4. The maximum absolute atomic E-state index is 12.6. The summed E-state index contributed by atoms with van der Waals surface area (Å²) in [7, 11) is 0. The number of hydrogen-bond donors (Lipinski definition) is 1. The molecule has 2 rings (SSSR count). The Hall–Kier alpha value is -0.660. The van der Waals surface area contributed by atoms with Gasteiger partial charge in [-0.2, -0.15) is 8.78 Å². The normalized spacial score (nSPS) is 16.3. The van der Waals surface area contributed by atoms with Gasteiger partial charge in [0.2, 0.25) is 0 Å². The van der Waals surface area contributed by atoms with Crippen LogP contribution in [0.15, 0.2) is 12.1 Å². The van der Waals surface area contributed by atoms with Gasteiger partial charge in [0.05, 0.1) is 6.61 Å². The number of thiophene rings is 1. The highest BCUT2D eigenvalue weighted by atomic mass is 32.1. The fraction of sp³-hybridized carbons (Fsp3) is 0.667. The molecule has 1 aliphatic rings. The monoisotopic (exact) mass is 297 g/mol. The Morgan fingerprint density at radius 3 is 2.63 bits per heavy atom. The number of alkyl halides is 4. The molecule has 0 unspecified atom stereocenters. The molecule has 1 fully saturated rings. The molecule has 1 saturated carbocycles. The lowest BCUT2D eigenvalue weighted by Crippen LogP contribution is -2.32. The largest absolute Gasteiger partial charge is 0.369 e. The maximum atomic E-state index is 12.6. The van der Waals surface area contributed by atoms with E-state index in [-0.39, 0.29) is 6.61 Å². The van der Waals surface area contributed by atoms with E-state index in [2.05, 4.69) is 10.1 Å². The predicted octanol–water partition coefficient (Wildman–Crippen LogP) is 3.42. The summed E-state index contributed by atoms with van der Waals surface area (Å²) in [6.07, 6.45) is -1.29. The van der Waals surface area contributed by atoms with Crippen LogP contribution in [-0.4, -0.2) is 25.0 Å². The van der Waals surface area contributed by atoms with Crippen LogP contribution in [0.3, 0.4) is 0 Å². The Morgan fingerprint density at radius 2 is 2.00 bits per heavy atom. The first-order valence-electron chi connectivity index (χ1n) is 6.02. The van der Waals surface area contributed by atoms with Gasteiger partial charge in [0.15, 0.2) is 0 Å². The van der Waals surface area contributed by atoms with Gasteiger partial charge in [-0.25, -0.2) is 8.78 Å². The maximum Gasteiger partial charge on any atom is 0.330 e. The van der Waals surface area contributed by atoms with Crippen molar-refractivity contribution >= 4 is 11.3 Å². The molecule has 0 saturated heterocycles. The van der Waals surface area contributed by atoms with Crippen molar-refractivity contribution in [1.29, 1.82) is 0 Å². The molecule has 1 heterocycles. The SMILES string of the molecule is FC(F)C(F)(F)COCc1ccc(CNC2CC2)s1. The minimum absolute atomic E-state index is 0.0591. The van der Waals surface area contributed by atoms with E-state index in [4.69, 9.17) is 0 Å². The van der Waals surface area contributed by atoms with Crippen molar-refractivity contribution in [2.45, 2.75) is 44.4 Å². The van der Waals surface area contributed by atoms with Crippen molar-refractivity contribution in [3.05, 3.63) is 21.9 Å². The molecule has 1 aromatic rings. The average Bonchev–Trinajstić information content (AvgIpc) is 3.06. The van der Waals surface area contributed by atoms with Crippen LogP contribution >= 0.6 is 11.3 Å². The van der Waals surface area contributed by atoms with Crippen molar-refractivity contribution in [3.8, 4) is 0 Å². The van der Waals surface area contributed by atoms with E-state index in [1.807, 2.05) is 6.07 Å². The number of nitrogens with one attached hydrogen (secondary N) is 1. The standard InChI is InChI=1S/C12H15F4NOS/c13-11(14)12(15,16)7-18-6-10-4-3-9(19-10)5-17-8-1-2-8/h3-4,8,11,17H,1-2,5-7H2. The highest BCUT2D eigenvalue weighted by Crippen LogP contribution is 2.25. The zero-order chi connectivity index (χ0) is 13.9. The number of hydrogen-bond acceptors (Lipinski definition) is 3. The second-order valence-corrected chi connectivity index (χ2v) is 5.83.